The van der Waals surface area contributed by atoms with E-state index in [1.54, 1.807) is 0 Å². The van der Waals surface area contributed by atoms with E-state index in [0.29, 0.717) is 13.0 Å². The third-order valence-corrected chi connectivity index (χ3v) is 2.83. The summed E-state index contributed by atoms with van der Waals surface area (Å²) in [6, 6.07) is 0. The molecule has 1 aliphatic rings. The molecule has 0 radical (unpaired) electrons. The Morgan fingerprint density at radius 2 is 2.06 bits per heavy atom. The molecule has 0 aromatic heterocycles. The minimum absolute atomic E-state index is 0.105. The van der Waals surface area contributed by atoms with Crippen molar-refractivity contribution in [2.24, 2.45) is 0 Å². The quantitative estimate of drug-likeness (QED) is 0.551. The van der Waals surface area contributed by atoms with Crippen molar-refractivity contribution >= 4 is 5.97 Å². The van der Waals surface area contributed by atoms with E-state index < -0.39 is 6.41 Å². The summed E-state index contributed by atoms with van der Waals surface area (Å²) in [6.45, 7) is 6.79. The molecule has 0 amide bonds. The molecule has 1 rings (SSSR count). The first kappa shape index (κ1) is 14.5. The van der Waals surface area contributed by atoms with E-state index in [1.807, 2.05) is 13.8 Å². The third-order valence-electron chi connectivity index (χ3n) is 2.83. The second kappa shape index (κ2) is 6.97. The molecule has 1 saturated heterocycles. The molecule has 4 heteroatoms. The van der Waals surface area contributed by atoms with E-state index in [9.17, 15) is 4.79 Å². The lowest BCUT2D eigenvalue weighted by atomic mass is 10.1. The highest BCUT2D eigenvalue weighted by molar-refractivity contribution is 5.69. The van der Waals surface area contributed by atoms with Gasteiger partial charge in [0, 0.05) is 12.0 Å². The Morgan fingerprint density at radius 1 is 1.35 bits per heavy atom. The fourth-order valence-corrected chi connectivity index (χ4v) is 1.80. The summed E-state index contributed by atoms with van der Waals surface area (Å²) < 4.78 is 10.5. The standard InChI is InChI=1S/C13H25NO3/c1-4-5-6-7-8-9-11(15)17-12-14-13(2,3)10-16-12/h12,14H,4-10H2,1-3H3. The molecule has 0 spiro atoms. The van der Waals surface area contributed by atoms with Crippen molar-refractivity contribution < 1.29 is 14.3 Å². The average Bonchev–Trinajstić information content (AvgIpc) is 2.57. The Bertz CT molecular complexity index is 241. The smallest absolute Gasteiger partial charge is 0.309 e. The molecule has 0 aromatic rings. The molecule has 1 unspecified atom stereocenters. The van der Waals surface area contributed by atoms with Crippen LogP contribution in [0.25, 0.3) is 0 Å². The maximum atomic E-state index is 11.5. The number of ether oxygens (including phenoxy) is 2. The van der Waals surface area contributed by atoms with Crippen LogP contribution in [0.5, 0.6) is 0 Å². The van der Waals surface area contributed by atoms with E-state index in [2.05, 4.69) is 12.2 Å². The minimum atomic E-state index is -0.562. The highest BCUT2D eigenvalue weighted by Crippen LogP contribution is 2.15. The van der Waals surface area contributed by atoms with Gasteiger partial charge >= 0.3 is 5.97 Å². The zero-order valence-electron chi connectivity index (χ0n) is 11.3. The lowest BCUT2D eigenvalue weighted by Gasteiger charge is -2.16. The van der Waals surface area contributed by atoms with Gasteiger partial charge in [0.05, 0.1) is 6.61 Å². The van der Waals surface area contributed by atoms with Gasteiger partial charge in [-0.3, -0.25) is 10.1 Å². The highest BCUT2D eigenvalue weighted by atomic mass is 16.7. The van der Waals surface area contributed by atoms with Crippen LogP contribution in [0.2, 0.25) is 0 Å². The summed E-state index contributed by atoms with van der Waals surface area (Å²) >= 11 is 0. The molecule has 17 heavy (non-hydrogen) atoms. The zero-order chi connectivity index (χ0) is 12.7. The Balaban J connectivity index is 2.05. The van der Waals surface area contributed by atoms with Crippen molar-refractivity contribution in [3.8, 4) is 0 Å². The van der Waals surface area contributed by atoms with Crippen LogP contribution in [0, 0.1) is 0 Å². The van der Waals surface area contributed by atoms with Crippen molar-refractivity contribution in [3.05, 3.63) is 0 Å². The van der Waals surface area contributed by atoms with E-state index in [4.69, 9.17) is 9.47 Å². The lowest BCUT2D eigenvalue weighted by Crippen LogP contribution is -2.40. The molecule has 1 atom stereocenters. The summed E-state index contributed by atoms with van der Waals surface area (Å²) in [6.07, 6.45) is 5.62. The van der Waals surface area contributed by atoms with Crippen LogP contribution < -0.4 is 5.32 Å². The highest BCUT2D eigenvalue weighted by Gasteiger charge is 2.32. The number of esters is 1. The van der Waals surface area contributed by atoms with E-state index in [0.717, 1.165) is 12.8 Å². The van der Waals surface area contributed by atoms with Gasteiger partial charge in [-0.05, 0) is 20.3 Å². The number of hydrogen-bond acceptors (Lipinski definition) is 4. The molecule has 1 N–H and O–H groups in total. The Morgan fingerprint density at radius 3 is 2.65 bits per heavy atom. The molecule has 0 bridgehead atoms. The summed E-state index contributed by atoms with van der Waals surface area (Å²) in [7, 11) is 0. The van der Waals surface area contributed by atoms with Crippen LogP contribution in [-0.4, -0.2) is 24.5 Å². The van der Waals surface area contributed by atoms with Crippen LogP contribution in [0.15, 0.2) is 0 Å². The number of rotatable bonds is 7. The summed E-state index contributed by atoms with van der Waals surface area (Å²) in [4.78, 5) is 11.5. The van der Waals surface area contributed by atoms with Gasteiger partial charge < -0.3 is 9.47 Å². The molecule has 100 valence electrons. The molecule has 0 saturated carbocycles. The maximum Gasteiger partial charge on any atom is 0.309 e. The molecular formula is C13H25NO3. The van der Waals surface area contributed by atoms with Gasteiger partial charge in [-0.15, -0.1) is 0 Å². The summed E-state index contributed by atoms with van der Waals surface area (Å²) in [5.74, 6) is -0.170. The van der Waals surface area contributed by atoms with Gasteiger partial charge in [-0.2, -0.15) is 0 Å². The Hall–Kier alpha value is -0.610. The molecule has 4 nitrogen and oxygen atoms in total. The topological polar surface area (TPSA) is 47.6 Å². The Labute approximate surface area is 104 Å². The second-order valence-corrected chi connectivity index (χ2v) is 5.33. The third kappa shape index (κ3) is 6.03. The lowest BCUT2D eigenvalue weighted by molar-refractivity contribution is -0.173. The SMILES string of the molecule is CCCCCCCC(=O)OC1NC(C)(C)CO1. The number of nitrogens with one attached hydrogen (secondary N) is 1. The van der Waals surface area contributed by atoms with Crippen molar-refractivity contribution in [2.45, 2.75) is 71.2 Å². The predicted molar refractivity (Wildman–Crippen MR) is 66.4 cm³/mol. The van der Waals surface area contributed by atoms with Gasteiger partial charge in [-0.1, -0.05) is 32.6 Å². The minimum Gasteiger partial charge on any atom is -0.421 e. The molecule has 1 fully saturated rings. The number of hydrogen-bond donors (Lipinski definition) is 1. The number of carbonyl (C=O) groups excluding carboxylic acids is 1. The van der Waals surface area contributed by atoms with Gasteiger partial charge in [0.25, 0.3) is 6.41 Å². The summed E-state index contributed by atoms with van der Waals surface area (Å²) in [5.41, 5.74) is -0.105. The molecule has 1 aliphatic heterocycles. The maximum absolute atomic E-state index is 11.5. The van der Waals surface area contributed by atoms with Crippen LogP contribution in [-0.2, 0) is 14.3 Å². The normalized spacial score (nSPS) is 22.6. The first-order valence-electron chi connectivity index (χ1n) is 6.62. The molecule has 0 aromatic carbocycles. The van der Waals surface area contributed by atoms with Crippen molar-refractivity contribution in [2.75, 3.05) is 6.61 Å². The second-order valence-electron chi connectivity index (χ2n) is 5.33. The van der Waals surface area contributed by atoms with Gasteiger partial charge in [-0.25, -0.2) is 0 Å². The largest absolute Gasteiger partial charge is 0.421 e. The Kier molecular flexibility index (Phi) is 5.92. The molecule has 0 aliphatic carbocycles. The van der Waals surface area contributed by atoms with Crippen LogP contribution in [0.4, 0.5) is 0 Å². The first-order valence-corrected chi connectivity index (χ1v) is 6.62. The van der Waals surface area contributed by atoms with Gasteiger partial charge in [0.1, 0.15) is 0 Å². The van der Waals surface area contributed by atoms with E-state index >= 15 is 0 Å². The summed E-state index contributed by atoms with van der Waals surface area (Å²) in [5, 5.41) is 3.11. The van der Waals surface area contributed by atoms with Crippen molar-refractivity contribution in [1.29, 1.82) is 0 Å². The monoisotopic (exact) mass is 243 g/mol. The van der Waals surface area contributed by atoms with Crippen molar-refractivity contribution in [3.63, 3.8) is 0 Å². The van der Waals surface area contributed by atoms with Crippen LogP contribution in [0.3, 0.4) is 0 Å². The van der Waals surface area contributed by atoms with Crippen LogP contribution >= 0.6 is 0 Å². The van der Waals surface area contributed by atoms with Gasteiger partial charge in [0.2, 0.25) is 0 Å². The number of unbranched alkanes of at least 4 members (excludes halogenated alkanes) is 4. The predicted octanol–water partition coefficient (Wildman–Crippen LogP) is 2.57. The molecular weight excluding hydrogens is 218 g/mol. The van der Waals surface area contributed by atoms with Gasteiger partial charge in [0.15, 0.2) is 0 Å². The first-order chi connectivity index (χ1) is 8.03. The number of carbonyl (C=O) groups is 1. The molecule has 1 heterocycles. The van der Waals surface area contributed by atoms with E-state index in [1.165, 1.54) is 19.3 Å². The fraction of sp³-hybridized carbons (Fsp3) is 0.923. The average molecular weight is 243 g/mol. The van der Waals surface area contributed by atoms with Crippen molar-refractivity contribution in [1.82, 2.24) is 5.32 Å². The van der Waals surface area contributed by atoms with Crippen LogP contribution in [0.1, 0.15) is 59.3 Å². The van der Waals surface area contributed by atoms with E-state index in [-0.39, 0.29) is 11.5 Å². The zero-order valence-corrected chi connectivity index (χ0v) is 11.3. The fourth-order valence-electron chi connectivity index (χ4n) is 1.80.